The van der Waals surface area contributed by atoms with Gasteiger partial charge in [-0.15, -0.1) is 0 Å². The molecule has 27 heavy (non-hydrogen) atoms. The van der Waals surface area contributed by atoms with Crippen molar-refractivity contribution in [2.45, 2.75) is 31.1 Å². The number of guanidine groups is 1. The van der Waals surface area contributed by atoms with Crippen LogP contribution in [0.4, 0.5) is 5.82 Å². The van der Waals surface area contributed by atoms with Gasteiger partial charge in [-0.2, -0.15) is 0 Å². The summed E-state index contributed by atoms with van der Waals surface area (Å²) in [5.74, 6) is 0.816. The first kappa shape index (κ1) is 20.2. The average molecular weight is 405 g/mol. The number of methoxy groups -OCH3 is 2. The smallest absolute Gasteiger partial charge is 0.382 e. The summed E-state index contributed by atoms with van der Waals surface area (Å²) in [5, 5.41) is 2.97. The van der Waals surface area contributed by atoms with Crippen LogP contribution in [0.1, 0.15) is 24.6 Å². The van der Waals surface area contributed by atoms with Gasteiger partial charge in [0.1, 0.15) is 29.9 Å². The number of hydrogen-bond donors (Lipinski definition) is 2. The molecule has 152 valence electrons. The van der Waals surface area contributed by atoms with Gasteiger partial charge in [0.15, 0.2) is 12.2 Å². The predicted molar refractivity (Wildman–Crippen MR) is 94.1 cm³/mol. The van der Waals surface area contributed by atoms with Crippen LogP contribution in [0.25, 0.3) is 0 Å². The number of nitrogens with one attached hydrogen (secondary N) is 1. The van der Waals surface area contributed by atoms with Crippen LogP contribution < -0.4 is 11.1 Å². The van der Waals surface area contributed by atoms with Crippen LogP contribution in [0.15, 0.2) is 11.3 Å². The summed E-state index contributed by atoms with van der Waals surface area (Å²) in [7, 11) is 1.90. The molecule has 0 saturated carbocycles. The van der Waals surface area contributed by atoms with E-state index in [1.807, 2.05) is 0 Å². The van der Waals surface area contributed by atoms with Crippen LogP contribution in [-0.2, 0) is 32.3 Å². The highest BCUT2D eigenvalue weighted by Crippen LogP contribution is 2.52. The number of aliphatic imine (C=N–C) groups is 1. The molecule has 1 aromatic rings. The Morgan fingerprint density at radius 3 is 2.74 bits per heavy atom. The molecule has 2 aliphatic heterocycles. The fourth-order valence-corrected chi connectivity index (χ4v) is 3.91. The first-order chi connectivity index (χ1) is 12.9. The van der Waals surface area contributed by atoms with Crippen LogP contribution in [0.3, 0.4) is 0 Å². The minimum atomic E-state index is -3.68. The molecule has 12 nitrogen and oxygen atoms in total. The fraction of sp³-hybridized carbons (Fsp3) is 0.714. The number of aromatic nitrogens is 2. The van der Waals surface area contributed by atoms with Gasteiger partial charge in [0, 0.05) is 34.9 Å². The lowest BCUT2D eigenvalue weighted by atomic mass is 10.2. The molecular weight excluding hydrogens is 381 g/mol. The second-order valence-corrected chi connectivity index (χ2v) is 7.73. The topological polar surface area (TPSA) is 141 Å². The second kappa shape index (κ2) is 8.23. The van der Waals surface area contributed by atoms with Gasteiger partial charge in [0.25, 0.3) is 0 Å². The van der Waals surface area contributed by atoms with Gasteiger partial charge in [-0.1, -0.05) is 0 Å². The monoisotopic (exact) mass is 405 g/mol. The third-order valence-electron chi connectivity index (χ3n) is 4.32. The van der Waals surface area contributed by atoms with Crippen LogP contribution in [0, 0.1) is 0 Å². The quantitative estimate of drug-likeness (QED) is 0.601. The summed E-state index contributed by atoms with van der Waals surface area (Å²) in [6.07, 6.45) is -0.168. The molecule has 4 atom stereocenters. The van der Waals surface area contributed by atoms with E-state index in [0.29, 0.717) is 17.9 Å². The van der Waals surface area contributed by atoms with Gasteiger partial charge in [-0.05, 0) is 0 Å². The molecule has 0 spiro atoms. The van der Waals surface area contributed by atoms with Gasteiger partial charge in [-0.3, -0.25) is 18.1 Å². The third-order valence-corrected chi connectivity index (χ3v) is 5.74. The van der Waals surface area contributed by atoms with Crippen molar-refractivity contribution in [3.8, 4) is 0 Å². The fourth-order valence-electron chi connectivity index (χ4n) is 3.03. The van der Waals surface area contributed by atoms with Crippen LogP contribution in [-0.4, -0.2) is 62.8 Å². The van der Waals surface area contributed by atoms with Crippen LogP contribution in [0.5, 0.6) is 0 Å². The number of phosphoric ester groups is 1. The Labute approximate surface area is 156 Å². The van der Waals surface area contributed by atoms with E-state index >= 15 is 0 Å². The van der Waals surface area contributed by atoms with Crippen molar-refractivity contribution in [3.05, 3.63) is 12.0 Å². The molecule has 3 N–H and O–H groups in total. The van der Waals surface area contributed by atoms with Crippen molar-refractivity contribution < 1.29 is 32.3 Å². The number of imidazole rings is 1. The minimum Gasteiger partial charge on any atom is -0.382 e. The summed E-state index contributed by atoms with van der Waals surface area (Å²) >= 11 is 0. The molecule has 0 radical (unpaired) electrons. The summed E-state index contributed by atoms with van der Waals surface area (Å²) in [6, 6.07) is 0. The first-order valence-electron chi connectivity index (χ1n) is 8.18. The number of nitrogens with two attached hydrogens (primary N) is 1. The Bertz CT molecular complexity index is 733. The molecule has 4 unspecified atom stereocenters. The lowest BCUT2D eigenvalue weighted by molar-refractivity contribution is -0.0531. The number of nitrogens with zero attached hydrogens (tertiary/aromatic N) is 3. The molecule has 0 aliphatic carbocycles. The van der Waals surface area contributed by atoms with E-state index in [2.05, 4.69) is 15.3 Å². The summed E-state index contributed by atoms with van der Waals surface area (Å²) < 4.78 is 46.0. The molecule has 1 saturated heterocycles. The van der Waals surface area contributed by atoms with Gasteiger partial charge in [0.05, 0.1) is 12.9 Å². The highest BCUT2D eigenvalue weighted by Gasteiger charge is 2.43. The molecule has 2 aliphatic rings. The van der Waals surface area contributed by atoms with Crippen molar-refractivity contribution in [2.24, 2.45) is 10.7 Å². The second-order valence-electron chi connectivity index (χ2n) is 5.89. The van der Waals surface area contributed by atoms with Crippen LogP contribution >= 0.6 is 7.82 Å². The number of anilines is 1. The average Bonchev–Trinajstić information content (AvgIpc) is 3.25. The highest BCUT2D eigenvalue weighted by atomic mass is 31.2. The Morgan fingerprint density at radius 2 is 2.11 bits per heavy atom. The maximum Gasteiger partial charge on any atom is 0.474 e. The van der Waals surface area contributed by atoms with E-state index in [1.165, 1.54) is 21.3 Å². The number of rotatable bonds is 8. The van der Waals surface area contributed by atoms with Gasteiger partial charge in [0.2, 0.25) is 0 Å². The summed E-state index contributed by atoms with van der Waals surface area (Å²) in [5.41, 5.74) is 6.41. The van der Waals surface area contributed by atoms with Gasteiger partial charge < -0.3 is 25.3 Å². The van der Waals surface area contributed by atoms with Gasteiger partial charge in [-0.25, -0.2) is 14.5 Å². The molecular formula is C14H24N5O7P. The Hall–Kier alpha value is -1.53. The third kappa shape index (κ3) is 4.02. The van der Waals surface area contributed by atoms with E-state index in [0.717, 1.165) is 0 Å². The number of hydrogen-bond acceptors (Lipinski definition) is 11. The number of ether oxygens (including phenoxy) is 3. The molecule has 0 aromatic carbocycles. The van der Waals surface area contributed by atoms with Gasteiger partial charge >= 0.3 is 7.82 Å². The van der Waals surface area contributed by atoms with Crippen molar-refractivity contribution in [1.29, 1.82) is 0 Å². The Morgan fingerprint density at radius 1 is 1.37 bits per heavy atom. The molecule has 0 amide bonds. The summed E-state index contributed by atoms with van der Waals surface area (Å²) in [4.78, 5) is 8.49. The lowest BCUT2D eigenvalue weighted by Crippen LogP contribution is -2.30. The standard InChI is InChI=1S/C14H24N5O7P/c1-21-6-9-8(26-27(20,23-3)24-4)5-10(25-9)19-7-16-11-12(19)17-14(15)18-13(11)22-2/h7-10,13H,5-6H2,1-4H3,(H3,15,17,18). The Kier molecular flexibility index (Phi) is 6.16. The molecule has 1 aromatic heterocycles. The lowest BCUT2D eigenvalue weighted by Gasteiger charge is -2.22. The van der Waals surface area contributed by atoms with Crippen molar-refractivity contribution >= 4 is 19.6 Å². The molecule has 3 rings (SSSR count). The number of phosphoric acid groups is 1. The van der Waals surface area contributed by atoms with E-state index in [-0.39, 0.29) is 12.6 Å². The van der Waals surface area contributed by atoms with Crippen LogP contribution in [0.2, 0.25) is 0 Å². The molecule has 3 heterocycles. The SMILES string of the molecule is COCC1OC(n2cnc3c2NC(N)=NC3OC)CC1OP(=O)(OC)OC. The molecule has 1 fully saturated rings. The Balaban J connectivity index is 1.83. The van der Waals surface area contributed by atoms with Crippen molar-refractivity contribution in [3.63, 3.8) is 0 Å². The maximum absolute atomic E-state index is 12.4. The zero-order chi connectivity index (χ0) is 19.6. The normalized spacial score (nSPS) is 27.9. The van der Waals surface area contributed by atoms with Crippen molar-refractivity contribution in [1.82, 2.24) is 9.55 Å². The van der Waals surface area contributed by atoms with E-state index in [1.54, 1.807) is 18.0 Å². The highest BCUT2D eigenvalue weighted by molar-refractivity contribution is 7.48. The van der Waals surface area contributed by atoms with E-state index in [4.69, 9.17) is 33.5 Å². The maximum atomic E-state index is 12.4. The van der Waals surface area contributed by atoms with E-state index in [9.17, 15) is 4.57 Å². The number of fused-ring (bicyclic) bond motifs is 1. The first-order valence-corrected chi connectivity index (χ1v) is 9.64. The van der Waals surface area contributed by atoms with E-state index < -0.39 is 32.5 Å². The minimum absolute atomic E-state index is 0.207. The largest absolute Gasteiger partial charge is 0.474 e. The summed E-state index contributed by atoms with van der Waals surface area (Å²) in [6.45, 7) is 0.239. The van der Waals surface area contributed by atoms with Crippen molar-refractivity contribution in [2.75, 3.05) is 40.4 Å². The molecule has 13 heteroatoms. The zero-order valence-electron chi connectivity index (χ0n) is 15.5. The zero-order valence-corrected chi connectivity index (χ0v) is 16.4. The predicted octanol–water partition coefficient (Wildman–Crippen LogP) is 0.988. The molecule has 0 bridgehead atoms.